The summed E-state index contributed by atoms with van der Waals surface area (Å²) in [4.78, 5) is 0. The molecule has 1 heterocycles. The summed E-state index contributed by atoms with van der Waals surface area (Å²) < 4.78 is 26.1. The van der Waals surface area contributed by atoms with Crippen LogP contribution in [0.2, 0.25) is 0 Å². The second-order valence-electron chi connectivity index (χ2n) is 3.06. The lowest BCUT2D eigenvalue weighted by Gasteiger charge is -2.29. The Hall–Kier alpha value is -0.710. The molecule has 70 valence electrons. The van der Waals surface area contributed by atoms with Gasteiger partial charge in [0, 0.05) is 5.92 Å². The Bertz CT molecular complexity index is 175. The second-order valence-corrected chi connectivity index (χ2v) is 3.06. The quantitative estimate of drug-likeness (QED) is 0.426. The van der Waals surface area contributed by atoms with E-state index in [0.717, 1.165) is 0 Å². The number of nitrogens with one attached hydrogen (secondary N) is 2. The highest BCUT2D eigenvalue weighted by Gasteiger charge is 2.42. The molecule has 0 amide bonds. The van der Waals surface area contributed by atoms with Gasteiger partial charge in [0.15, 0.2) is 5.84 Å². The van der Waals surface area contributed by atoms with Crippen LogP contribution in [-0.4, -0.2) is 24.8 Å². The normalized spacial score (nSPS) is 20.8. The lowest BCUT2D eigenvalue weighted by atomic mass is 9.91. The van der Waals surface area contributed by atoms with Gasteiger partial charge in [-0.25, -0.2) is 0 Å². The fraction of sp³-hybridized carbons (Fsp3) is 0.857. The fourth-order valence-electron chi connectivity index (χ4n) is 1.40. The van der Waals surface area contributed by atoms with E-state index in [1.807, 2.05) is 0 Å². The highest BCUT2D eigenvalue weighted by atomic mass is 19.3. The molecule has 0 radical (unpaired) electrons. The highest BCUT2D eigenvalue weighted by molar-refractivity contribution is 5.84. The summed E-state index contributed by atoms with van der Waals surface area (Å²) in [5.74, 6) is -4.87. The summed E-state index contributed by atoms with van der Waals surface area (Å²) in [5.41, 5.74) is 4.81. The molecule has 4 N–H and O–H groups in total. The first kappa shape index (κ1) is 9.38. The van der Waals surface area contributed by atoms with Crippen LogP contribution in [0.1, 0.15) is 12.8 Å². The second kappa shape index (κ2) is 3.35. The van der Waals surface area contributed by atoms with Crippen molar-refractivity contribution in [3.8, 4) is 0 Å². The molecule has 1 fully saturated rings. The van der Waals surface area contributed by atoms with E-state index >= 15 is 0 Å². The molecule has 0 unspecified atom stereocenters. The van der Waals surface area contributed by atoms with Crippen molar-refractivity contribution in [1.29, 1.82) is 5.41 Å². The van der Waals surface area contributed by atoms with Gasteiger partial charge < -0.3 is 11.1 Å². The minimum absolute atomic E-state index is 0.395. The van der Waals surface area contributed by atoms with Crippen LogP contribution in [0.5, 0.6) is 0 Å². The van der Waals surface area contributed by atoms with Crippen LogP contribution in [0, 0.1) is 11.3 Å². The molecule has 0 aromatic carbocycles. The summed E-state index contributed by atoms with van der Waals surface area (Å²) in [7, 11) is 0. The Morgan fingerprint density at radius 2 is 1.92 bits per heavy atom. The Labute approximate surface area is 69.8 Å². The Balaban J connectivity index is 2.59. The summed E-state index contributed by atoms with van der Waals surface area (Å²) in [6.07, 6.45) is 0.791. The van der Waals surface area contributed by atoms with Gasteiger partial charge in [0.1, 0.15) is 0 Å². The third-order valence-electron chi connectivity index (χ3n) is 2.21. The molecule has 0 saturated carbocycles. The molecule has 3 nitrogen and oxygen atoms in total. The van der Waals surface area contributed by atoms with E-state index in [1.165, 1.54) is 0 Å². The molecule has 0 aromatic rings. The summed E-state index contributed by atoms with van der Waals surface area (Å²) in [5, 5.41) is 9.72. The Morgan fingerprint density at radius 1 is 1.42 bits per heavy atom. The van der Waals surface area contributed by atoms with E-state index in [-0.39, 0.29) is 0 Å². The van der Waals surface area contributed by atoms with Crippen LogP contribution >= 0.6 is 0 Å². The third kappa shape index (κ3) is 1.72. The van der Waals surface area contributed by atoms with Crippen LogP contribution in [-0.2, 0) is 0 Å². The average molecular weight is 177 g/mol. The van der Waals surface area contributed by atoms with Gasteiger partial charge in [-0.15, -0.1) is 0 Å². The third-order valence-corrected chi connectivity index (χ3v) is 2.21. The van der Waals surface area contributed by atoms with E-state index < -0.39 is 17.7 Å². The van der Waals surface area contributed by atoms with Crippen molar-refractivity contribution in [3.05, 3.63) is 0 Å². The molecule has 1 aliphatic heterocycles. The Kier molecular flexibility index (Phi) is 2.62. The van der Waals surface area contributed by atoms with Gasteiger partial charge in [0.2, 0.25) is 0 Å². The number of hydrogen-bond acceptors (Lipinski definition) is 2. The maximum atomic E-state index is 13.1. The first-order valence-corrected chi connectivity index (χ1v) is 3.98. The number of alkyl halides is 2. The van der Waals surface area contributed by atoms with Gasteiger partial charge in [-0.1, -0.05) is 0 Å². The molecule has 0 spiro atoms. The summed E-state index contributed by atoms with van der Waals surface area (Å²) in [6, 6.07) is 0. The minimum Gasteiger partial charge on any atom is -0.383 e. The molecule has 12 heavy (non-hydrogen) atoms. The minimum atomic E-state index is -3.11. The molecule has 1 aliphatic rings. The number of halogens is 2. The fourth-order valence-corrected chi connectivity index (χ4v) is 1.40. The lowest BCUT2D eigenvalue weighted by Crippen LogP contribution is -2.46. The number of rotatable bonds is 2. The molecular weight excluding hydrogens is 164 g/mol. The number of piperidine rings is 1. The predicted octanol–water partition coefficient (Wildman–Crippen LogP) is 0.557. The van der Waals surface area contributed by atoms with Crippen LogP contribution in [0.25, 0.3) is 0 Å². The maximum Gasteiger partial charge on any atom is 0.306 e. The van der Waals surface area contributed by atoms with Gasteiger partial charge in [-0.3, -0.25) is 5.41 Å². The van der Waals surface area contributed by atoms with Crippen molar-refractivity contribution in [3.63, 3.8) is 0 Å². The molecule has 0 bridgehead atoms. The van der Waals surface area contributed by atoms with Gasteiger partial charge in [0.25, 0.3) is 0 Å². The van der Waals surface area contributed by atoms with E-state index in [1.54, 1.807) is 0 Å². The summed E-state index contributed by atoms with van der Waals surface area (Å²) >= 11 is 0. The van der Waals surface area contributed by atoms with Gasteiger partial charge in [-0.05, 0) is 25.9 Å². The zero-order chi connectivity index (χ0) is 9.19. The van der Waals surface area contributed by atoms with Crippen molar-refractivity contribution in [2.24, 2.45) is 11.7 Å². The van der Waals surface area contributed by atoms with Gasteiger partial charge >= 0.3 is 5.92 Å². The molecule has 1 rings (SSSR count). The number of amidine groups is 1. The molecule has 5 heteroatoms. The smallest absolute Gasteiger partial charge is 0.306 e. The monoisotopic (exact) mass is 177 g/mol. The van der Waals surface area contributed by atoms with Crippen LogP contribution in [0.15, 0.2) is 0 Å². The molecule has 1 saturated heterocycles. The molecule has 0 aromatic heterocycles. The maximum absolute atomic E-state index is 13.1. The first-order valence-electron chi connectivity index (χ1n) is 3.98. The van der Waals surface area contributed by atoms with E-state index in [4.69, 9.17) is 11.1 Å². The highest BCUT2D eigenvalue weighted by Crippen LogP contribution is 2.30. The Morgan fingerprint density at radius 3 is 2.33 bits per heavy atom. The number of hydrogen-bond donors (Lipinski definition) is 3. The van der Waals surface area contributed by atoms with Crippen LogP contribution in [0.4, 0.5) is 8.78 Å². The van der Waals surface area contributed by atoms with Gasteiger partial charge in [-0.2, -0.15) is 8.78 Å². The lowest BCUT2D eigenvalue weighted by molar-refractivity contribution is -0.00330. The predicted molar refractivity (Wildman–Crippen MR) is 42.5 cm³/mol. The molecule has 0 aliphatic carbocycles. The molecule has 0 atom stereocenters. The molecular formula is C7H13F2N3. The van der Waals surface area contributed by atoms with E-state index in [9.17, 15) is 8.78 Å². The van der Waals surface area contributed by atoms with Crippen molar-refractivity contribution in [1.82, 2.24) is 5.32 Å². The summed E-state index contributed by atoms with van der Waals surface area (Å²) in [6.45, 7) is 1.18. The zero-order valence-electron chi connectivity index (χ0n) is 6.74. The SMILES string of the molecule is N=C(N)C(F)(F)C1CCNCC1. The standard InChI is InChI=1S/C7H13F2N3/c8-7(9,6(10)11)5-1-3-12-4-2-5/h5,12H,1-4H2,(H3,10,11). The van der Waals surface area contributed by atoms with E-state index in [0.29, 0.717) is 25.9 Å². The number of nitrogens with two attached hydrogens (primary N) is 1. The van der Waals surface area contributed by atoms with Crippen molar-refractivity contribution in [2.75, 3.05) is 13.1 Å². The van der Waals surface area contributed by atoms with Crippen molar-refractivity contribution < 1.29 is 8.78 Å². The van der Waals surface area contributed by atoms with Crippen molar-refractivity contribution in [2.45, 2.75) is 18.8 Å². The first-order chi connectivity index (χ1) is 5.55. The largest absolute Gasteiger partial charge is 0.383 e. The zero-order valence-corrected chi connectivity index (χ0v) is 6.74. The average Bonchev–Trinajstić information content (AvgIpc) is 2.06. The van der Waals surface area contributed by atoms with E-state index in [2.05, 4.69) is 5.32 Å². The van der Waals surface area contributed by atoms with Crippen LogP contribution in [0.3, 0.4) is 0 Å². The van der Waals surface area contributed by atoms with Gasteiger partial charge in [0.05, 0.1) is 0 Å². The van der Waals surface area contributed by atoms with Crippen molar-refractivity contribution >= 4 is 5.84 Å². The van der Waals surface area contributed by atoms with Crippen LogP contribution < -0.4 is 11.1 Å². The topological polar surface area (TPSA) is 61.9 Å².